The van der Waals surface area contributed by atoms with Crippen LogP contribution in [0.3, 0.4) is 0 Å². The van der Waals surface area contributed by atoms with Gasteiger partial charge in [0, 0.05) is 37.9 Å². The molecule has 5 amide bonds. The van der Waals surface area contributed by atoms with Crippen molar-refractivity contribution in [2.45, 2.75) is 45.6 Å². The highest BCUT2D eigenvalue weighted by Crippen LogP contribution is 2.28. The second-order valence-corrected chi connectivity index (χ2v) is 8.96. The molecule has 4 rings (SSSR count). The Hall–Kier alpha value is -2.78. The van der Waals surface area contributed by atoms with Crippen molar-refractivity contribution in [1.29, 1.82) is 0 Å². The van der Waals surface area contributed by atoms with E-state index in [-0.39, 0.29) is 25.2 Å². The van der Waals surface area contributed by atoms with Crippen molar-refractivity contribution >= 4 is 29.4 Å². The molecular formula is C23H31N5O4. The number of imide groups is 2. The molecule has 2 saturated heterocycles. The lowest BCUT2D eigenvalue weighted by Crippen LogP contribution is -2.52. The Balaban J connectivity index is 1.26. The molecule has 2 aliphatic heterocycles. The van der Waals surface area contributed by atoms with Crippen LogP contribution in [0.15, 0.2) is 18.2 Å². The lowest BCUT2D eigenvalue weighted by Gasteiger charge is -2.35. The van der Waals surface area contributed by atoms with E-state index in [0.717, 1.165) is 47.4 Å². The molecule has 2 heterocycles. The van der Waals surface area contributed by atoms with Crippen molar-refractivity contribution in [3.8, 4) is 0 Å². The van der Waals surface area contributed by atoms with Crippen molar-refractivity contribution in [3.63, 3.8) is 0 Å². The lowest BCUT2D eigenvalue weighted by atomic mass is 10.1. The van der Waals surface area contributed by atoms with Gasteiger partial charge >= 0.3 is 17.8 Å². The zero-order valence-electron chi connectivity index (χ0n) is 18.8. The van der Waals surface area contributed by atoms with Crippen molar-refractivity contribution in [2.75, 3.05) is 44.7 Å². The van der Waals surface area contributed by atoms with E-state index in [1.165, 1.54) is 4.90 Å². The fourth-order valence-electron chi connectivity index (χ4n) is 4.70. The zero-order valence-corrected chi connectivity index (χ0v) is 18.8. The van der Waals surface area contributed by atoms with Gasteiger partial charge in [0.1, 0.15) is 0 Å². The van der Waals surface area contributed by atoms with Gasteiger partial charge in [-0.25, -0.2) is 9.69 Å². The maximum atomic E-state index is 12.7. The molecule has 3 fully saturated rings. The number of urea groups is 1. The van der Waals surface area contributed by atoms with Crippen LogP contribution in [-0.4, -0.2) is 88.8 Å². The number of rotatable bonds is 6. The van der Waals surface area contributed by atoms with Crippen LogP contribution in [0, 0.1) is 13.8 Å². The second kappa shape index (κ2) is 9.38. The topological polar surface area (TPSA) is 93.3 Å². The normalized spacial score (nSPS) is 21.1. The third kappa shape index (κ3) is 4.54. The number of nitrogens with zero attached hydrogens (tertiary/aromatic N) is 4. The number of nitrogens with one attached hydrogen (secondary N) is 1. The van der Waals surface area contributed by atoms with Crippen molar-refractivity contribution in [2.24, 2.45) is 0 Å². The Morgan fingerprint density at radius 2 is 1.62 bits per heavy atom. The Kier molecular flexibility index (Phi) is 6.57. The monoisotopic (exact) mass is 441 g/mol. The summed E-state index contributed by atoms with van der Waals surface area (Å²) >= 11 is 0. The number of amides is 5. The smallest absolute Gasteiger partial charge is 0.325 e. The highest BCUT2D eigenvalue weighted by atomic mass is 16.2. The van der Waals surface area contributed by atoms with Crippen molar-refractivity contribution in [1.82, 2.24) is 19.6 Å². The van der Waals surface area contributed by atoms with Gasteiger partial charge in [-0.05, 0) is 43.9 Å². The van der Waals surface area contributed by atoms with Gasteiger partial charge < -0.3 is 5.32 Å². The highest BCUT2D eigenvalue weighted by molar-refractivity contribution is 6.44. The van der Waals surface area contributed by atoms with Crippen LogP contribution >= 0.6 is 0 Å². The molecule has 1 N–H and O–H groups in total. The molecule has 9 nitrogen and oxygen atoms in total. The number of hydrogen-bond acceptors (Lipinski definition) is 6. The van der Waals surface area contributed by atoms with E-state index < -0.39 is 17.8 Å². The molecule has 3 aliphatic rings. The predicted octanol–water partition coefficient (Wildman–Crippen LogP) is 1.55. The Morgan fingerprint density at radius 3 is 2.31 bits per heavy atom. The average Bonchev–Trinajstić information content (AvgIpc) is 3.36. The van der Waals surface area contributed by atoms with Gasteiger partial charge in [-0.1, -0.05) is 25.0 Å². The maximum Gasteiger partial charge on any atom is 0.335 e. The van der Waals surface area contributed by atoms with E-state index in [9.17, 15) is 19.2 Å². The summed E-state index contributed by atoms with van der Waals surface area (Å²) in [7, 11) is 0. The molecule has 0 spiro atoms. The summed E-state index contributed by atoms with van der Waals surface area (Å²) in [6.07, 6.45) is 3.52. The molecule has 32 heavy (non-hydrogen) atoms. The number of carbonyl (C=O) groups excluding carboxylic acids is 4. The minimum absolute atomic E-state index is 0.0603. The van der Waals surface area contributed by atoms with Crippen molar-refractivity contribution in [3.05, 3.63) is 29.3 Å². The Bertz CT molecular complexity index is 919. The largest absolute Gasteiger partial charge is 0.335 e. The molecule has 0 unspecified atom stereocenters. The Labute approximate surface area is 188 Å². The number of anilines is 1. The molecular weight excluding hydrogens is 410 g/mol. The molecule has 1 saturated carbocycles. The first-order valence-electron chi connectivity index (χ1n) is 11.3. The zero-order chi connectivity index (χ0) is 22.8. The fraction of sp³-hybridized carbons (Fsp3) is 0.565. The minimum atomic E-state index is -0.725. The van der Waals surface area contributed by atoms with Gasteiger partial charge in [-0.15, -0.1) is 0 Å². The number of hydrogen-bond donors (Lipinski definition) is 1. The molecule has 0 atom stereocenters. The number of benzene rings is 1. The quantitative estimate of drug-likeness (QED) is 0.532. The highest BCUT2D eigenvalue weighted by Gasteiger charge is 2.48. The van der Waals surface area contributed by atoms with Crippen LogP contribution in [0.5, 0.6) is 0 Å². The molecule has 0 bridgehead atoms. The lowest BCUT2D eigenvalue weighted by molar-refractivity contribution is -0.144. The fourth-order valence-corrected chi connectivity index (χ4v) is 4.70. The first-order chi connectivity index (χ1) is 15.3. The molecule has 9 heteroatoms. The predicted molar refractivity (Wildman–Crippen MR) is 119 cm³/mol. The van der Waals surface area contributed by atoms with Crippen LogP contribution in [0.2, 0.25) is 0 Å². The van der Waals surface area contributed by atoms with Crippen LogP contribution in [0.4, 0.5) is 10.5 Å². The SMILES string of the molecule is Cc1cccc(NC(=O)CN2CCN(CN3C(=O)C(=O)N(C4CCCC4)C3=O)CC2)c1C. The van der Waals surface area contributed by atoms with E-state index in [0.29, 0.717) is 26.2 Å². The third-order valence-electron chi connectivity index (χ3n) is 6.83. The van der Waals surface area contributed by atoms with Crippen molar-refractivity contribution < 1.29 is 19.2 Å². The summed E-state index contributed by atoms with van der Waals surface area (Å²) in [5, 5.41) is 2.98. The summed E-state index contributed by atoms with van der Waals surface area (Å²) in [4.78, 5) is 56.3. The summed E-state index contributed by atoms with van der Waals surface area (Å²) in [6, 6.07) is 5.22. The molecule has 1 aliphatic carbocycles. The van der Waals surface area contributed by atoms with Crippen LogP contribution in [0.1, 0.15) is 36.8 Å². The molecule has 1 aromatic rings. The second-order valence-electron chi connectivity index (χ2n) is 8.96. The molecule has 0 radical (unpaired) electrons. The number of aryl methyl sites for hydroxylation is 1. The van der Waals surface area contributed by atoms with E-state index in [2.05, 4.69) is 10.2 Å². The number of piperazine rings is 1. The van der Waals surface area contributed by atoms with Gasteiger partial charge in [-0.3, -0.25) is 29.1 Å². The first-order valence-corrected chi connectivity index (χ1v) is 11.3. The van der Waals surface area contributed by atoms with Gasteiger partial charge in [0.15, 0.2) is 0 Å². The van der Waals surface area contributed by atoms with Crippen LogP contribution in [-0.2, 0) is 14.4 Å². The summed E-state index contributed by atoms with van der Waals surface area (Å²) in [5.41, 5.74) is 3.02. The first kappa shape index (κ1) is 22.4. The molecule has 172 valence electrons. The summed E-state index contributed by atoms with van der Waals surface area (Å²) < 4.78 is 0. The minimum Gasteiger partial charge on any atom is -0.325 e. The number of carbonyl (C=O) groups is 4. The molecule has 1 aromatic carbocycles. The maximum absolute atomic E-state index is 12.7. The third-order valence-corrected chi connectivity index (χ3v) is 6.83. The summed E-state index contributed by atoms with van der Waals surface area (Å²) in [6.45, 7) is 6.94. The van der Waals surface area contributed by atoms with Gasteiger partial charge in [0.05, 0.1) is 13.2 Å². The summed E-state index contributed by atoms with van der Waals surface area (Å²) in [5.74, 6) is -1.48. The van der Waals surface area contributed by atoms with Gasteiger partial charge in [-0.2, -0.15) is 0 Å². The van der Waals surface area contributed by atoms with Gasteiger partial charge in [0.2, 0.25) is 5.91 Å². The van der Waals surface area contributed by atoms with E-state index >= 15 is 0 Å². The molecule has 0 aromatic heterocycles. The van der Waals surface area contributed by atoms with Crippen LogP contribution < -0.4 is 5.32 Å². The van der Waals surface area contributed by atoms with E-state index in [1.54, 1.807) is 0 Å². The van der Waals surface area contributed by atoms with E-state index in [4.69, 9.17) is 0 Å². The van der Waals surface area contributed by atoms with Gasteiger partial charge in [0.25, 0.3) is 0 Å². The van der Waals surface area contributed by atoms with Crippen LogP contribution in [0.25, 0.3) is 0 Å². The Morgan fingerprint density at radius 1 is 0.969 bits per heavy atom. The standard InChI is InChI=1S/C23H31N5O4/c1-16-6-5-9-19(17(16)2)24-20(29)14-25-10-12-26(13-11-25)15-27-21(30)22(31)28(23(27)32)18-7-3-4-8-18/h5-6,9,18H,3-4,7-8,10-15H2,1-2H3,(H,24,29). The van der Waals surface area contributed by atoms with E-state index in [1.807, 2.05) is 36.9 Å². The average molecular weight is 442 g/mol.